The molecule has 1 aromatic carbocycles. The fourth-order valence-electron chi connectivity index (χ4n) is 2.50. The van der Waals surface area contributed by atoms with Crippen molar-refractivity contribution in [2.24, 2.45) is 11.7 Å². The predicted molar refractivity (Wildman–Crippen MR) is 71.2 cm³/mol. The molecular weight excluding hydrogens is 210 g/mol. The maximum atomic E-state index is 6.00. The average Bonchev–Trinajstić information content (AvgIpc) is 2.34. The van der Waals surface area contributed by atoms with Gasteiger partial charge in [-0.15, -0.1) is 0 Å². The fraction of sp³-hybridized carbons (Fsp3) is 0.600. The summed E-state index contributed by atoms with van der Waals surface area (Å²) in [4.78, 5) is 0. The molecule has 17 heavy (non-hydrogen) atoms. The number of benzene rings is 1. The van der Waals surface area contributed by atoms with Crippen molar-refractivity contribution in [3.8, 4) is 0 Å². The third kappa shape index (κ3) is 2.70. The molecule has 1 unspecified atom stereocenters. The average molecular weight is 233 g/mol. The van der Waals surface area contributed by atoms with E-state index in [1.807, 2.05) is 0 Å². The van der Waals surface area contributed by atoms with E-state index in [4.69, 9.17) is 10.5 Å². The van der Waals surface area contributed by atoms with Crippen LogP contribution in [0.1, 0.15) is 31.4 Å². The molecule has 2 nitrogen and oxygen atoms in total. The first kappa shape index (κ1) is 12.6. The Bertz CT molecular complexity index is 356. The monoisotopic (exact) mass is 233 g/mol. The van der Waals surface area contributed by atoms with Crippen molar-refractivity contribution < 1.29 is 4.74 Å². The molecule has 0 radical (unpaired) electrons. The van der Waals surface area contributed by atoms with Gasteiger partial charge in [0.25, 0.3) is 0 Å². The van der Waals surface area contributed by atoms with Gasteiger partial charge in [0, 0.05) is 17.9 Å². The van der Waals surface area contributed by atoms with Gasteiger partial charge in [-0.25, -0.2) is 0 Å². The SMILES string of the molecule is CCc1ccc(C(C)(CN)CC2COC2)cc1. The highest BCUT2D eigenvalue weighted by atomic mass is 16.5. The van der Waals surface area contributed by atoms with Gasteiger partial charge in [-0.05, 0) is 24.0 Å². The third-order valence-corrected chi connectivity index (χ3v) is 3.96. The lowest BCUT2D eigenvalue weighted by molar-refractivity contribution is -0.0441. The first-order chi connectivity index (χ1) is 8.18. The minimum atomic E-state index is 0.0979. The largest absolute Gasteiger partial charge is 0.381 e. The maximum absolute atomic E-state index is 6.00. The molecule has 1 saturated heterocycles. The molecule has 2 N–H and O–H groups in total. The summed E-state index contributed by atoms with van der Waals surface area (Å²) in [7, 11) is 0. The summed E-state index contributed by atoms with van der Waals surface area (Å²) in [6.07, 6.45) is 2.23. The summed E-state index contributed by atoms with van der Waals surface area (Å²) in [6.45, 7) is 6.97. The first-order valence-electron chi connectivity index (χ1n) is 6.55. The van der Waals surface area contributed by atoms with Gasteiger partial charge < -0.3 is 10.5 Å². The van der Waals surface area contributed by atoms with Crippen LogP contribution in [-0.2, 0) is 16.6 Å². The highest BCUT2D eigenvalue weighted by molar-refractivity contribution is 5.29. The molecule has 2 heteroatoms. The van der Waals surface area contributed by atoms with Crippen molar-refractivity contribution in [1.29, 1.82) is 0 Å². The lowest BCUT2D eigenvalue weighted by Gasteiger charge is -2.36. The Morgan fingerprint density at radius 2 is 1.94 bits per heavy atom. The molecule has 2 rings (SSSR count). The number of aryl methyl sites for hydroxylation is 1. The summed E-state index contributed by atoms with van der Waals surface area (Å²) in [5.41, 5.74) is 8.85. The Balaban J connectivity index is 2.13. The third-order valence-electron chi connectivity index (χ3n) is 3.96. The summed E-state index contributed by atoms with van der Waals surface area (Å²) in [5, 5.41) is 0. The van der Waals surface area contributed by atoms with E-state index >= 15 is 0 Å². The molecule has 1 aromatic rings. The summed E-state index contributed by atoms with van der Waals surface area (Å²) < 4.78 is 5.26. The summed E-state index contributed by atoms with van der Waals surface area (Å²) in [6, 6.07) is 8.93. The van der Waals surface area contributed by atoms with E-state index in [2.05, 4.69) is 38.1 Å². The lowest BCUT2D eigenvalue weighted by Crippen LogP contribution is -2.39. The summed E-state index contributed by atoms with van der Waals surface area (Å²) >= 11 is 0. The van der Waals surface area contributed by atoms with Gasteiger partial charge in [-0.1, -0.05) is 38.1 Å². The molecule has 94 valence electrons. The van der Waals surface area contributed by atoms with E-state index in [9.17, 15) is 0 Å². The van der Waals surface area contributed by atoms with Crippen LogP contribution >= 0.6 is 0 Å². The maximum Gasteiger partial charge on any atom is 0.0516 e. The van der Waals surface area contributed by atoms with E-state index in [0.717, 1.165) is 26.1 Å². The van der Waals surface area contributed by atoms with Crippen molar-refractivity contribution >= 4 is 0 Å². The Morgan fingerprint density at radius 1 is 1.29 bits per heavy atom. The second kappa shape index (κ2) is 5.19. The lowest BCUT2D eigenvalue weighted by atomic mass is 9.74. The first-order valence-corrected chi connectivity index (χ1v) is 6.55. The molecule has 1 atom stereocenters. The fourth-order valence-corrected chi connectivity index (χ4v) is 2.50. The van der Waals surface area contributed by atoms with Crippen LogP contribution in [0.3, 0.4) is 0 Å². The Hall–Kier alpha value is -0.860. The standard InChI is InChI=1S/C15H23NO/c1-3-12-4-6-14(7-5-12)15(2,11-16)8-13-9-17-10-13/h4-7,13H,3,8-11,16H2,1-2H3. The number of rotatable bonds is 5. The Morgan fingerprint density at radius 3 is 2.35 bits per heavy atom. The van der Waals surface area contributed by atoms with E-state index in [1.165, 1.54) is 11.1 Å². The predicted octanol–water partition coefficient (Wildman–Crippen LogP) is 2.50. The van der Waals surface area contributed by atoms with E-state index in [0.29, 0.717) is 12.5 Å². The van der Waals surface area contributed by atoms with Crippen LogP contribution in [0.2, 0.25) is 0 Å². The Labute approximate surface area is 104 Å². The molecule has 1 aliphatic rings. The molecule has 1 aliphatic heterocycles. The zero-order valence-electron chi connectivity index (χ0n) is 10.9. The minimum Gasteiger partial charge on any atom is -0.381 e. The molecule has 0 amide bonds. The summed E-state index contributed by atoms with van der Waals surface area (Å²) in [5.74, 6) is 0.689. The van der Waals surface area contributed by atoms with Gasteiger partial charge in [0.2, 0.25) is 0 Å². The molecule has 0 aliphatic carbocycles. The van der Waals surface area contributed by atoms with Crippen LogP contribution in [0.5, 0.6) is 0 Å². The van der Waals surface area contributed by atoms with Gasteiger partial charge in [0.15, 0.2) is 0 Å². The number of hydrogen-bond acceptors (Lipinski definition) is 2. The minimum absolute atomic E-state index is 0.0979. The molecular formula is C15H23NO. The molecule has 1 fully saturated rings. The molecule has 0 bridgehead atoms. The number of ether oxygens (including phenoxy) is 1. The van der Waals surface area contributed by atoms with Crippen LogP contribution in [-0.4, -0.2) is 19.8 Å². The van der Waals surface area contributed by atoms with Gasteiger partial charge in [-0.2, -0.15) is 0 Å². The van der Waals surface area contributed by atoms with Gasteiger partial charge >= 0.3 is 0 Å². The second-order valence-electron chi connectivity index (χ2n) is 5.42. The molecule has 0 spiro atoms. The van der Waals surface area contributed by atoms with Crippen LogP contribution in [0, 0.1) is 5.92 Å². The smallest absolute Gasteiger partial charge is 0.0516 e. The van der Waals surface area contributed by atoms with Gasteiger partial charge in [0.1, 0.15) is 0 Å². The van der Waals surface area contributed by atoms with E-state index in [-0.39, 0.29) is 5.41 Å². The van der Waals surface area contributed by atoms with Crippen LogP contribution in [0.4, 0.5) is 0 Å². The number of hydrogen-bond donors (Lipinski definition) is 1. The van der Waals surface area contributed by atoms with Crippen molar-refractivity contribution in [2.45, 2.75) is 32.1 Å². The van der Waals surface area contributed by atoms with Crippen molar-refractivity contribution in [1.82, 2.24) is 0 Å². The second-order valence-corrected chi connectivity index (χ2v) is 5.42. The van der Waals surface area contributed by atoms with Crippen molar-refractivity contribution in [3.05, 3.63) is 35.4 Å². The molecule has 0 saturated carbocycles. The quantitative estimate of drug-likeness (QED) is 0.848. The van der Waals surface area contributed by atoms with E-state index in [1.54, 1.807) is 0 Å². The van der Waals surface area contributed by atoms with Crippen LogP contribution in [0.15, 0.2) is 24.3 Å². The van der Waals surface area contributed by atoms with Crippen molar-refractivity contribution in [3.63, 3.8) is 0 Å². The van der Waals surface area contributed by atoms with Crippen LogP contribution < -0.4 is 5.73 Å². The van der Waals surface area contributed by atoms with Crippen LogP contribution in [0.25, 0.3) is 0 Å². The highest BCUT2D eigenvalue weighted by Crippen LogP contribution is 2.33. The molecule has 0 aromatic heterocycles. The molecule has 1 heterocycles. The van der Waals surface area contributed by atoms with Gasteiger partial charge in [-0.3, -0.25) is 0 Å². The van der Waals surface area contributed by atoms with Crippen molar-refractivity contribution in [2.75, 3.05) is 19.8 Å². The zero-order chi connectivity index (χ0) is 12.3. The van der Waals surface area contributed by atoms with Gasteiger partial charge in [0.05, 0.1) is 13.2 Å². The number of nitrogens with two attached hydrogens (primary N) is 1. The Kier molecular flexibility index (Phi) is 3.85. The van der Waals surface area contributed by atoms with E-state index < -0.39 is 0 Å². The normalized spacial score (nSPS) is 19.7. The highest BCUT2D eigenvalue weighted by Gasteiger charge is 2.31. The topological polar surface area (TPSA) is 35.2 Å². The zero-order valence-corrected chi connectivity index (χ0v) is 10.9.